The topological polar surface area (TPSA) is 43.4 Å². The van der Waals surface area contributed by atoms with Crippen LogP contribution in [-0.4, -0.2) is 18.4 Å². The fourth-order valence-corrected chi connectivity index (χ4v) is 1.56. The first kappa shape index (κ1) is 13.4. The van der Waals surface area contributed by atoms with Gasteiger partial charge in [0.2, 0.25) is 5.67 Å². The number of ketones is 1. The number of carbonyl (C=O) groups is 2. The van der Waals surface area contributed by atoms with Crippen molar-refractivity contribution < 1.29 is 18.7 Å². The summed E-state index contributed by atoms with van der Waals surface area (Å²) in [5.74, 6) is -2.27. The van der Waals surface area contributed by atoms with Crippen LogP contribution in [-0.2, 0) is 20.0 Å². The van der Waals surface area contributed by atoms with Crippen LogP contribution in [0.4, 0.5) is 4.39 Å². The number of Topliss-reactive ketones (excluding diaryl/α,β-unsaturated/α-hetero) is 1. The van der Waals surface area contributed by atoms with Gasteiger partial charge < -0.3 is 4.74 Å². The fourth-order valence-electron chi connectivity index (χ4n) is 1.56. The quantitative estimate of drug-likeness (QED) is 0.584. The molecule has 1 atom stereocenters. The van der Waals surface area contributed by atoms with Crippen LogP contribution >= 0.6 is 0 Å². The average Bonchev–Trinajstić information content (AvgIpc) is 2.38. The summed E-state index contributed by atoms with van der Waals surface area (Å²) in [6.45, 7) is 3.14. The highest BCUT2D eigenvalue weighted by molar-refractivity contribution is 6.36. The second-order valence-electron chi connectivity index (χ2n) is 3.57. The van der Waals surface area contributed by atoms with Crippen molar-refractivity contribution >= 4 is 11.8 Å². The third-order valence-electron chi connectivity index (χ3n) is 2.54. The molecule has 0 aliphatic carbocycles. The van der Waals surface area contributed by atoms with E-state index in [-0.39, 0.29) is 18.6 Å². The van der Waals surface area contributed by atoms with Crippen LogP contribution < -0.4 is 0 Å². The molecule has 0 fully saturated rings. The minimum absolute atomic E-state index is 0.0547. The summed E-state index contributed by atoms with van der Waals surface area (Å²) in [6.07, 6.45) is -0.103. The molecule has 0 saturated heterocycles. The average molecular weight is 238 g/mol. The molecule has 0 amide bonds. The van der Waals surface area contributed by atoms with Gasteiger partial charge in [0.1, 0.15) is 0 Å². The lowest BCUT2D eigenvalue weighted by molar-refractivity contribution is -0.159. The number of carbonyl (C=O) groups excluding carboxylic acids is 2. The van der Waals surface area contributed by atoms with E-state index in [1.807, 2.05) is 0 Å². The summed E-state index contributed by atoms with van der Waals surface area (Å²) in [4.78, 5) is 23.0. The Balaban J connectivity index is 3.04. The Hall–Kier alpha value is -1.71. The SMILES string of the molecule is CCOC(=O)C(=O)C(F)(CC)c1ccccc1. The maximum Gasteiger partial charge on any atom is 0.378 e. The Morgan fingerprint density at radius 3 is 2.29 bits per heavy atom. The van der Waals surface area contributed by atoms with Crippen LogP contribution in [0.1, 0.15) is 25.8 Å². The Labute approximate surface area is 99.6 Å². The van der Waals surface area contributed by atoms with Gasteiger partial charge in [-0.2, -0.15) is 0 Å². The van der Waals surface area contributed by atoms with Gasteiger partial charge in [0.05, 0.1) is 6.61 Å². The van der Waals surface area contributed by atoms with Crippen LogP contribution in [0.3, 0.4) is 0 Å². The molecule has 1 aromatic carbocycles. The lowest BCUT2D eigenvalue weighted by Gasteiger charge is -2.21. The third-order valence-corrected chi connectivity index (χ3v) is 2.54. The third kappa shape index (κ3) is 2.70. The number of halogens is 1. The standard InChI is InChI=1S/C13H15FO3/c1-3-13(14,10-8-6-5-7-9-10)11(15)12(16)17-4-2/h5-9H,3-4H2,1-2H3. The molecule has 92 valence electrons. The van der Waals surface area contributed by atoms with E-state index in [1.165, 1.54) is 19.1 Å². The maximum atomic E-state index is 14.6. The van der Waals surface area contributed by atoms with Gasteiger partial charge in [0.15, 0.2) is 0 Å². The molecule has 1 aromatic rings. The number of hydrogen-bond acceptors (Lipinski definition) is 3. The number of rotatable bonds is 5. The summed E-state index contributed by atoms with van der Waals surface area (Å²) in [6, 6.07) is 7.94. The van der Waals surface area contributed by atoms with E-state index < -0.39 is 17.4 Å². The number of ether oxygens (including phenoxy) is 1. The highest BCUT2D eigenvalue weighted by atomic mass is 19.1. The van der Waals surface area contributed by atoms with Crippen LogP contribution in [0.5, 0.6) is 0 Å². The van der Waals surface area contributed by atoms with E-state index in [1.54, 1.807) is 25.1 Å². The Kier molecular flexibility index (Phi) is 4.37. The monoisotopic (exact) mass is 238 g/mol. The summed E-state index contributed by atoms with van der Waals surface area (Å²) >= 11 is 0. The molecule has 4 heteroatoms. The van der Waals surface area contributed by atoms with Crippen LogP contribution in [0, 0.1) is 0 Å². The molecule has 0 radical (unpaired) electrons. The van der Waals surface area contributed by atoms with E-state index in [4.69, 9.17) is 0 Å². The van der Waals surface area contributed by atoms with E-state index in [2.05, 4.69) is 4.74 Å². The number of benzene rings is 1. The molecule has 0 spiro atoms. The predicted octanol–water partition coefficient (Wildman–Crippen LogP) is 2.39. The van der Waals surface area contributed by atoms with Crippen molar-refractivity contribution in [2.24, 2.45) is 0 Å². The number of hydrogen-bond donors (Lipinski definition) is 0. The molecule has 0 aromatic heterocycles. The van der Waals surface area contributed by atoms with Gasteiger partial charge in [-0.3, -0.25) is 4.79 Å². The largest absolute Gasteiger partial charge is 0.460 e. The van der Waals surface area contributed by atoms with Gasteiger partial charge in [0.25, 0.3) is 5.78 Å². The van der Waals surface area contributed by atoms with Gasteiger partial charge in [-0.05, 0) is 18.9 Å². The number of esters is 1. The normalized spacial score (nSPS) is 13.8. The van der Waals surface area contributed by atoms with Crippen molar-refractivity contribution in [2.45, 2.75) is 25.9 Å². The van der Waals surface area contributed by atoms with Crippen molar-refractivity contribution in [2.75, 3.05) is 6.61 Å². The second kappa shape index (κ2) is 5.57. The molecule has 0 saturated carbocycles. The smallest absolute Gasteiger partial charge is 0.378 e. The Bertz CT molecular complexity index is 402. The molecule has 1 rings (SSSR count). The highest BCUT2D eigenvalue weighted by Gasteiger charge is 2.43. The minimum Gasteiger partial charge on any atom is -0.460 e. The summed E-state index contributed by atoms with van der Waals surface area (Å²) < 4.78 is 19.1. The molecule has 0 aliphatic heterocycles. The molecular weight excluding hydrogens is 223 g/mol. The highest BCUT2D eigenvalue weighted by Crippen LogP contribution is 2.31. The van der Waals surface area contributed by atoms with Gasteiger partial charge in [-0.1, -0.05) is 37.3 Å². The van der Waals surface area contributed by atoms with Gasteiger partial charge in [0, 0.05) is 0 Å². The molecule has 0 bridgehead atoms. The first-order valence-corrected chi connectivity index (χ1v) is 5.52. The Morgan fingerprint density at radius 1 is 1.24 bits per heavy atom. The van der Waals surface area contributed by atoms with Crippen LogP contribution in [0.2, 0.25) is 0 Å². The molecule has 0 aliphatic rings. The second-order valence-corrected chi connectivity index (χ2v) is 3.57. The number of alkyl halides is 1. The summed E-state index contributed by atoms with van der Waals surface area (Å²) in [5, 5.41) is 0. The van der Waals surface area contributed by atoms with Crippen molar-refractivity contribution in [1.29, 1.82) is 0 Å². The zero-order valence-corrected chi connectivity index (χ0v) is 9.90. The zero-order valence-electron chi connectivity index (χ0n) is 9.90. The maximum absolute atomic E-state index is 14.6. The molecule has 0 heterocycles. The molecule has 1 unspecified atom stereocenters. The summed E-state index contributed by atoms with van der Waals surface area (Å²) in [5.41, 5.74) is -2.12. The fraction of sp³-hybridized carbons (Fsp3) is 0.385. The molecule has 0 N–H and O–H groups in total. The van der Waals surface area contributed by atoms with E-state index >= 15 is 0 Å². The van der Waals surface area contributed by atoms with Crippen molar-refractivity contribution in [3.05, 3.63) is 35.9 Å². The van der Waals surface area contributed by atoms with Crippen molar-refractivity contribution in [3.63, 3.8) is 0 Å². The van der Waals surface area contributed by atoms with Gasteiger partial charge in [-0.15, -0.1) is 0 Å². The minimum atomic E-state index is -2.30. The molecule has 17 heavy (non-hydrogen) atoms. The van der Waals surface area contributed by atoms with Gasteiger partial charge in [-0.25, -0.2) is 9.18 Å². The first-order chi connectivity index (χ1) is 8.06. The predicted molar refractivity (Wildman–Crippen MR) is 61.2 cm³/mol. The first-order valence-electron chi connectivity index (χ1n) is 5.52. The van der Waals surface area contributed by atoms with Crippen LogP contribution in [0.15, 0.2) is 30.3 Å². The lowest BCUT2D eigenvalue weighted by atomic mass is 9.89. The van der Waals surface area contributed by atoms with Crippen molar-refractivity contribution in [1.82, 2.24) is 0 Å². The summed E-state index contributed by atoms with van der Waals surface area (Å²) in [7, 11) is 0. The molecule has 3 nitrogen and oxygen atoms in total. The van der Waals surface area contributed by atoms with E-state index in [9.17, 15) is 14.0 Å². The van der Waals surface area contributed by atoms with E-state index in [0.29, 0.717) is 0 Å². The van der Waals surface area contributed by atoms with Crippen molar-refractivity contribution in [3.8, 4) is 0 Å². The zero-order chi connectivity index (χ0) is 12.9. The van der Waals surface area contributed by atoms with E-state index in [0.717, 1.165) is 0 Å². The Morgan fingerprint density at radius 2 is 1.82 bits per heavy atom. The van der Waals surface area contributed by atoms with Crippen LogP contribution in [0.25, 0.3) is 0 Å². The molecular formula is C13H15FO3. The van der Waals surface area contributed by atoms with Gasteiger partial charge >= 0.3 is 5.97 Å². The lowest BCUT2D eigenvalue weighted by Crippen LogP contribution is -2.37.